The third-order valence-corrected chi connectivity index (χ3v) is 4.67. The Labute approximate surface area is 137 Å². The van der Waals surface area contributed by atoms with Crippen LogP contribution in [0.5, 0.6) is 0 Å². The van der Waals surface area contributed by atoms with Gasteiger partial charge in [0.1, 0.15) is 0 Å². The quantitative estimate of drug-likeness (QED) is 0.849. The molecule has 2 heterocycles. The topological polar surface area (TPSA) is 51.4 Å². The number of carbonyl (C=O) groups is 1. The lowest BCUT2D eigenvalue weighted by atomic mass is 10.1. The maximum atomic E-state index is 12.1. The first kappa shape index (κ1) is 16.0. The van der Waals surface area contributed by atoms with Crippen LogP contribution in [0.1, 0.15) is 12.5 Å². The summed E-state index contributed by atoms with van der Waals surface area (Å²) in [7, 11) is 0. The first-order valence-corrected chi connectivity index (χ1v) is 8.52. The summed E-state index contributed by atoms with van der Waals surface area (Å²) in [6.07, 6.45) is 2.90. The Kier molecular flexibility index (Phi) is 5.31. The van der Waals surface area contributed by atoms with Crippen molar-refractivity contribution >= 4 is 16.8 Å². The fraction of sp³-hybridized carbons (Fsp3) is 0.500. The molecule has 1 aromatic heterocycles. The molecule has 1 aliphatic heterocycles. The fourth-order valence-electron chi connectivity index (χ4n) is 3.20. The highest BCUT2D eigenvalue weighted by molar-refractivity contribution is 5.83. The lowest BCUT2D eigenvalue weighted by Gasteiger charge is -2.33. The third kappa shape index (κ3) is 4.12. The molecule has 2 N–H and O–H groups in total. The number of hydrogen-bond acceptors (Lipinski definition) is 3. The van der Waals surface area contributed by atoms with E-state index in [1.165, 1.54) is 10.9 Å². The van der Waals surface area contributed by atoms with E-state index in [0.29, 0.717) is 13.1 Å². The van der Waals surface area contributed by atoms with Crippen molar-refractivity contribution in [3.05, 3.63) is 36.0 Å². The Morgan fingerprint density at radius 2 is 1.91 bits per heavy atom. The van der Waals surface area contributed by atoms with Gasteiger partial charge in [-0.3, -0.25) is 9.69 Å². The molecule has 1 aromatic carbocycles. The Morgan fingerprint density at radius 1 is 1.17 bits per heavy atom. The lowest BCUT2D eigenvalue weighted by Crippen LogP contribution is -2.49. The molecule has 0 aliphatic carbocycles. The van der Waals surface area contributed by atoms with E-state index in [2.05, 4.69) is 39.2 Å². The van der Waals surface area contributed by atoms with Gasteiger partial charge in [-0.1, -0.05) is 25.1 Å². The SMILES string of the molecule is CCN1CCN(CC(=O)NCCc2c[nH]c3ccccc23)CC1. The van der Waals surface area contributed by atoms with Crippen molar-refractivity contribution in [1.82, 2.24) is 20.1 Å². The van der Waals surface area contributed by atoms with Crippen LogP contribution in [0, 0.1) is 0 Å². The summed E-state index contributed by atoms with van der Waals surface area (Å²) in [4.78, 5) is 20.0. The second-order valence-electron chi connectivity index (χ2n) is 6.17. The monoisotopic (exact) mass is 314 g/mol. The molecule has 124 valence electrons. The number of rotatable bonds is 6. The molecule has 0 saturated carbocycles. The average molecular weight is 314 g/mol. The summed E-state index contributed by atoms with van der Waals surface area (Å²) in [5.74, 6) is 0.134. The number of fused-ring (bicyclic) bond motifs is 1. The standard InChI is InChI=1S/C18H26N4O/c1-2-21-9-11-22(12-10-21)14-18(23)19-8-7-15-13-20-17-6-4-3-5-16(15)17/h3-6,13,20H,2,7-12,14H2,1H3,(H,19,23). The zero-order chi connectivity index (χ0) is 16.1. The number of hydrogen-bond donors (Lipinski definition) is 2. The van der Waals surface area contributed by atoms with Crippen molar-refractivity contribution in [3.63, 3.8) is 0 Å². The van der Waals surface area contributed by atoms with Crippen molar-refractivity contribution in [2.45, 2.75) is 13.3 Å². The summed E-state index contributed by atoms with van der Waals surface area (Å²) in [6, 6.07) is 8.28. The number of benzene rings is 1. The maximum Gasteiger partial charge on any atom is 0.234 e. The molecular formula is C18H26N4O. The molecule has 0 radical (unpaired) electrons. The lowest BCUT2D eigenvalue weighted by molar-refractivity contribution is -0.122. The summed E-state index contributed by atoms with van der Waals surface area (Å²) in [6.45, 7) is 8.62. The minimum atomic E-state index is 0.134. The molecule has 1 saturated heterocycles. The molecule has 0 bridgehead atoms. The second kappa shape index (κ2) is 7.62. The molecule has 23 heavy (non-hydrogen) atoms. The van der Waals surface area contributed by atoms with E-state index in [-0.39, 0.29) is 5.91 Å². The number of nitrogens with one attached hydrogen (secondary N) is 2. The number of likely N-dealkylation sites (N-methyl/N-ethyl adjacent to an activating group) is 1. The van der Waals surface area contributed by atoms with Gasteiger partial charge in [0.05, 0.1) is 6.54 Å². The van der Waals surface area contributed by atoms with Gasteiger partial charge in [-0.2, -0.15) is 0 Å². The van der Waals surface area contributed by atoms with Gasteiger partial charge < -0.3 is 15.2 Å². The van der Waals surface area contributed by atoms with Gasteiger partial charge in [0.2, 0.25) is 5.91 Å². The van der Waals surface area contributed by atoms with E-state index < -0.39 is 0 Å². The minimum Gasteiger partial charge on any atom is -0.361 e. The third-order valence-electron chi connectivity index (χ3n) is 4.67. The van der Waals surface area contributed by atoms with Crippen LogP contribution in [0.4, 0.5) is 0 Å². The van der Waals surface area contributed by atoms with Crippen LogP contribution in [0.3, 0.4) is 0 Å². The van der Waals surface area contributed by atoms with Crippen LogP contribution >= 0.6 is 0 Å². The van der Waals surface area contributed by atoms with Gasteiger partial charge in [-0.15, -0.1) is 0 Å². The Hall–Kier alpha value is -1.85. The van der Waals surface area contributed by atoms with Crippen molar-refractivity contribution in [3.8, 4) is 0 Å². The molecule has 0 spiro atoms. The molecule has 1 amide bonds. The average Bonchev–Trinajstić information content (AvgIpc) is 2.99. The molecule has 5 nitrogen and oxygen atoms in total. The van der Waals surface area contributed by atoms with Crippen LogP contribution in [-0.2, 0) is 11.2 Å². The molecule has 1 aliphatic rings. The van der Waals surface area contributed by atoms with E-state index in [9.17, 15) is 4.79 Å². The first-order valence-electron chi connectivity index (χ1n) is 8.52. The molecule has 1 fully saturated rings. The number of aromatic nitrogens is 1. The van der Waals surface area contributed by atoms with E-state index >= 15 is 0 Å². The Morgan fingerprint density at radius 3 is 2.70 bits per heavy atom. The largest absolute Gasteiger partial charge is 0.361 e. The van der Waals surface area contributed by atoms with Gasteiger partial charge in [0.15, 0.2) is 0 Å². The molecule has 0 atom stereocenters. The predicted molar refractivity (Wildman–Crippen MR) is 93.6 cm³/mol. The van der Waals surface area contributed by atoms with Crippen LogP contribution < -0.4 is 5.32 Å². The van der Waals surface area contributed by atoms with Crippen molar-refractivity contribution in [2.75, 3.05) is 45.8 Å². The number of H-pyrrole nitrogens is 1. The zero-order valence-corrected chi connectivity index (χ0v) is 13.8. The maximum absolute atomic E-state index is 12.1. The van der Waals surface area contributed by atoms with Crippen LogP contribution in [-0.4, -0.2) is 66.5 Å². The molecule has 0 unspecified atom stereocenters. The van der Waals surface area contributed by atoms with Crippen molar-refractivity contribution in [1.29, 1.82) is 0 Å². The summed E-state index contributed by atoms with van der Waals surface area (Å²) >= 11 is 0. The van der Waals surface area contributed by atoms with Gasteiger partial charge in [0.25, 0.3) is 0 Å². The minimum absolute atomic E-state index is 0.134. The van der Waals surface area contributed by atoms with Crippen molar-refractivity contribution < 1.29 is 4.79 Å². The number of piperazine rings is 1. The van der Waals surface area contributed by atoms with E-state index in [4.69, 9.17) is 0 Å². The molecule has 3 rings (SSSR count). The van der Waals surface area contributed by atoms with E-state index in [0.717, 1.165) is 44.7 Å². The van der Waals surface area contributed by atoms with Crippen LogP contribution in [0.15, 0.2) is 30.5 Å². The van der Waals surface area contributed by atoms with Gasteiger partial charge >= 0.3 is 0 Å². The zero-order valence-electron chi connectivity index (χ0n) is 13.8. The van der Waals surface area contributed by atoms with Gasteiger partial charge in [0, 0.05) is 49.8 Å². The predicted octanol–water partition coefficient (Wildman–Crippen LogP) is 1.46. The molecular weight excluding hydrogens is 288 g/mol. The van der Waals surface area contributed by atoms with Crippen LogP contribution in [0.25, 0.3) is 10.9 Å². The number of amides is 1. The number of para-hydroxylation sites is 1. The highest BCUT2D eigenvalue weighted by atomic mass is 16.2. The summed E-state index contributed by atoms with van der Waals surface area (Å²) in [5, 5.41) is 4.30. The Bertz CT molecular complexity index is 643. The van der Waals surface area contributed by atoms with Crippen molar-refractivity contribution in [2.24, 2.45) is 0 Å². The summed E-state index contributed by atoms with van der Waals surface area (Å²) in [5.41, 5.74) is 2.42. The van der Waals surface area contributed by atoms with E-state index in [1.54, 1.807) is 0 Å². The molecule has 5 heteroatoms. The molecule has 2 aromatic rings. The van der Waals surface area contributed by atoms with Gasteiger partial charge in [-0.05, 0) is 24.6 Å². The summed E-state index contributed by atoms with van der Waals surface area (Å²) < 4.78 is 0. The second-order valence-corrected chi connectivity index (χ2v) is 6.17. The van der Waals surface area contributed by atoms with Gasteiger partial charge in [-0.25, -0.2) is 0 Å². The smallest absolute Gasteiger partial charge is 0.234 e. The number of carbonyl (C=O) groups excluding carboxylic acids is 1. The van der Waals surface area contributed by atoms with Crippen LogP contribution in [0.2, 0.25) is 0 Å². The number of aromatic amines is 1. The highest BCUT2D eigenvalue weighted by Gasteiger charge is 2.17. The normalized spacial score (nSPS) is 16.7. The van der Waals surface area contributed by atoms with E-state index in [1.807, 2.05) is 18.3 Å². The first-order chi connectivity index (χ1) is 11.3. The Balaban J connectivity index is 1.41. The fourth-order valence-corrected chi connectivity index (χ4v) is 3.20. The highest BCUT2D eigenvalue weighted by Crippen LogP contribution is 2.17. The number of nitrogens with zero attached hydrogens (tertiary/aromatic N) is 2.